The average Bonchev–Trinajstić information content (AvgIpc) is 2.31. The number of ether oxygens (including phenoxy) is 1. The summed E-state index contributed by atoms with van der Waals surface area (Å²) in [4.78, 5) is 11.7. The second-order valence-corrected chi connectivity index (χ2v) is 3.54. The highest BCUT2D eigenvalue weighted by Gasteiger charge is 2.12. The van der Waals surface area contributed by atoms with Crippen LogP contribution in [0.2, 0.25) is 0 Å². The first-order chi connectivity index (χ1) is 7.70. The fourth-order valence-corrected chi connectivity index (χ4v) is 1.64. The molecule has 0 aliphatic rings. The molecule has 2 nitrogen and oxygen atoms in total. The van der Waals surface area contributed by atoms with Gasteiger partial charge >= 0.3 is 5.97 Å². The van der Waals surface area contributed by atoms with Gasteiger partial charge < -0.3 is 4.74 Å². The predicted octanol–water partition coefficient (Wildman–Crippen LogP) is 3.43. The molecular formula is C14H18O2. The van der Waals surface area contributed by atoms with Gasteiger partial charge in [0, 0.05) is 5.57 Å². The van der Waals surface area contributed by atoms with E-state index >= 15 is 0 Å². The van der Waals surface area contributed by atoms with Crippen molar-refractivity contribution in [3.63, 3.8) is 0 Å². The highest BCUT2D eigenvalue weighted by molar-refractivity contribution is 5.97. The van der Waals surface area contributed by atoms with Crippen molar-refractivity contribution in [2.45, 2.75) is 27.2 Å². The molecule has 0 aliphatic carbocycles. The van der Waals surface area contributed by atoms with Crippen LogP contribution in [0.4, 0.5) is 0 Å². The van der Waals surface area contributed by atoms with Crippen molar-refractivity contribution in [1.82, 2.24) is 0 Å². The Morgan fingerprint density at radius 2 is 1.81 bits per heavy atom. The van der Waals surface area contributed by atoms with Gasteiger partial charge in [-0.3, -0.25) is 0 Å². The number of carbonyl (C=O) groups is 1. The first-order valence-electron chi connectivity index (χ1n) is 5.63. The molecule has 2 heteroatoms. The van der Waals surface area contributed by atoms with Crippen LogP contribution >= 0.6 is 0 Å². The van der Waals surface area contributed by atoms with Gasteiger partial charge in [-0.15, -0.1) is 0 Å². The summed E-state index contributed by atoms with van der Waals surface area (Å²) in [5.74, 6) is -0.202. The molecule has 0 aromatic heterocycles. The van der Waals surface area contributed by atoms with Gasteiger partial charge in [0.25, 0.3) is 0 Å². The van der Waals surface area contributed by atoms with E-state index in [1.54, 1.807) is 0 Å². The summed E-state index contributed by atoms with van der Waals surface area (Å²) in [5.41, 5.74) is 2.84. The summed E-state index contributed by atoms with van der Waals surface area (Å²) < 4.78 is 5.04. The van der Waals surface area contributed by atoms with Crippen molar-refractivity contribution in [3.05, 3.63) is 41.5 Å². The molecule has 0 amide bonds. The maximum Gasteiger partial charge on any atom is 0.334 e. The molecule has 16 heavy (non-hydrogen) atoms. The van der Waals surface area contributed by atoms with Gasteiger partial charge in [-0.05, 0) is 31.4 Å². The molecule has 1 aromatic rings. The summed E-state index contributed by atoms with van der Waals surface area (Å²) >= 11 is 0. The van der Waals surface area contributed by atoms with Crippen LogP contribution in [-0.4, -0.2) is 12.6 Å². The van der Waals surface area contributed by atoms with Crippen molar-refractivity contribution in [2.24, 2.45) is 0 Å². The average molecular weight is 218 g/mol. The van der Waals surface area contributed by atoms with E-state index in [0.717, 1.165) is 16.7 Å². The topological polar surface area (TPSA) is 26.3 Å². The van der Waals surface area contributed by atoms with Crippen LogP contribution in [0.15, 0.2) is 35.9 Å². The lowest BCUT2D eigenvalue weighted by atomic mass is 10.00. The first-order valence-corrected chi connectivity index (χ1v) is 5.63. The summed E-state index contributed by atoms with van der Waals surface area (Å²) in [5, 5.41) is 0. The molecule has 0 saturated carbocycles. The van der Waals surface area contributed by atoms with E-state index in [1.807, 2.05) is 51.1 Å². The van der Waals surface area contributed by atoms with E-state index in [4.69, 9.17) is 4.74 Å². The highest BCUT2D eigenvalue weighted by Crippen LogP contribution is 2.21. The van der Waals surface area contributed by atoms with Crippen LogP contribution in [-0.2, 0) is 9.53 Å². The van der Waals surface area contributed by atoms with Crippen LogP contribution in [0.3, 0.4) is 0 Å². The van der Waals surface area contributed by atoms with Crippen LogP contribution < -0.4 is 0 Å². The number of esters is 1. The second kappa shape index (κ2) is 6.11. The van der Waals surface area contributed by atoms with Crippen LogP contribution in [0.1, 0.15) is 32.8 Å². The van der Waals surface area contributed by atoms with Crippen molar-refractivity contribution >= 4 is 11.5 Å². The van der Waals surface area contributed by atoms with Gasteiger partial charge in [-0.25, -0.2) is 4.79 Å². The Labute approximate surface area is 96.9 Å². The molecule has 0 N–H and O–H groups in total. The SMILES string of the molecule is CCOC(=O)C(CC)=C(C)c1ccccc1. The van der Waals surface area contributed by atoms with Crippen LogP contribution in [0, 0.1) is 0 Å². The Morgan fingerprint density at radius 1 is 1.19 bits per heavy atom. The van der Waals surface area contributed by atoms with Crippen molar-refractivity contribution in [2.75, 3.05) is 6.61 Å². The third-order valence-electron chi connectivity index (χ3n) is 2.53. The first kappa shape index (κ1) is 12.5. The van der Waals surface area contributed by atoms with E-state index < -0.39 is 0 Å². The molecule has 0 saturated heterocycles. The Hall–Kier alpha value is -1.57. The number of benzene rings is 1. The molecule has 1 rings (SSSR count). The zero-order chi connectivity index (χ0) is 12.0. The number of allylic oxidation sites excluding steroid dienone is 1. The molecule has 0 unspecified atom stereocenters. The lowest BCUT2D eigenvalue weighted by Gasteiger charge is -2.09. The molecule has 0 aliphatic heterocycles. The van der Waals surface area contributed by atoms with Crippen molar-refractivity contribution in [3.8, 4) is 0 Å². The molecule has 0 heterocycles. The fraction of sp³-hybridized carbons (Fsp3) is 0.357. The quantitative estimate of drug-likeness (QED) is 0.571. The summed E-state index contributed by atoms with van der Waals surface area (Å²) in [6.07, 6.45) is 0.694. The number of hydrogen-bond acceptors (Lipinski definition) is 2. The Morgan fingerprint density at radius 3 is 2.31 bits per heavy atom. The standard InChI is InChI=1S/C14H18O2/c1-4-13(14(15)16-5-2)11(3)12-9-7-6-8-10-12/h6-10H,4-5H2,1-3H3. The molecule has 86 valence electrons. The largest absolute Gasteiger partial charge is 0.463 e. The van der Waals surface area contributed by atoms with Crippen LogP contribution in [0.5, 0.6) is 0 Å². The second-order valence-electron chi connectivity index (χ2n) is 3.54. The Bertz CT molecular complexity index is 377. The minimum absolute atomic E-state index is 0.202. The maximum absolute atomic E-state index is 11.7. The van der Waals surface area contributed by atoms with E-state index in [2.05, 4.69) is 0 Å². The number of rotatable bonds is 4. The zero-order valence-electron chi connectivity index (χ0n) is 10.1. The number of hydrogen-bond donors (Lipinski definition) is 0. The van der Waals surface area contributed by atoms with Crippen molar-refractivity contribution < 1.29 is 9.53 Å². The normalized spacial score (nSPS) is 11.9. The van der Waals surface area contributed by atoms with E-state index in [0.29, 0.717) is 13.0 Å². The van der Waals surface area contributed by atoms with Crippen molar-refractivity contribution in [1.29, 1.82) is 0 Å². The van der Waals surface area contributed by atoms with Gasteiger partial charge in [0.15, 0.2) is 0 Å². The van der Waals surface area contributed by atoms with E-state index in [9.17, 15) is 4.79 Å². The van der Waals surface area contributed by atoms with E-state index in [-0.39, 0.29) is 5.97 Å². The van der Waals surface area contributed by atoms with Crippen LogP contribution in [0.25, 0.3) is 5.57 Å². The predicted molar refractivity (Wildman–Crippen MR) is 66.0 cm³/mol. The lowest BCUT2D eigenvalue weighted by molar-refractivity contribution is -0.138. The fourth-order valence-electron chi connectivity index (χ4n) is 1.64. The lowest BCUT2D eigenvalue weighted by Crippen LogP contribution is -2.08. The highest BCUT2D eigenvalue weighted by atomic mass is 16.5. The molecule has 0 spiro atoms. The van der Waals surface area contributed by atoms with Gasteiger partial charge in [0.05, 0.1) is 6.61 Å². The Balaban J connectivity index is 3.04. The summed E-state index contributed by atoms with van der Waals surface area (Å²) in [6, 6.07) is 9.91. The molecule has 0 fully saturated rings. The molecule has 0 radical (unpaired) electrons. The molecule has 1 aromatic carbocycles. The minimum Gasteiger partial charge on any atom is -0.463 e. The monoisotopic (exact) mass is 218 g/mol. The van der Waals surface area contributed by atoms with Gasteiger partial charge in [-0.1, -0.05) is 37.3 Å². The molecule has 0 bridgehead atoms. The smallest absolute Gasteiger partial charge is 0.334 e. The maximum atomic E-state index is 11.7. The van der Waals surface area contributed by atoms with Gasteiger partial charge in [0.2, 0.25) is 0 Å². The Kier molecular flexibility index (Phi) is 4.77. The zero-order valence-corrected chi connectivity index (χ0v) is 10.1. The molecular weight excluding hydrogens is 200 g/mol. The number of carbonyl (C=O) groups excluding carboxylic acids is 1. The third kappa shape index (κ3) is 2.96. The van der Waals surface area contributed by atoms with E-state index in [1.165, 1.54) is 0 Å². The molecule has 0 atom stereocenters. The third-order valence-corrected chi connectivity index (χ3v) is 2.53. The van der Waals surface area contributed by atoms with Gasteiger partial charge in [0.1, 0.15) is 0 Å². The minimum atomic E-state index is -0.202. The van der Waals surface area contributed by atoms with Gasteiger partial charge in [-0.2, -0.15) is 0 Å². The summed E-state index contributed by atoms with van der Waals surface area (Å²) in [6.45, 7) is 6.18. The summed E-state index contributed by atoms with van der Waals surface area (Å²) in [7, 11) is 0.